The first kappa shape index (κ1) is 74.2. The van der Waals surface area contributed by atoms with Crippen molar-refractivity contribution in [1.82, 2.24) is 77.8 Å². The maximum Gasteiger partial charge on any atom is 0.138 e. The molecule has 4 heterocycles. The molecule has 0 bridgehead atoms. The van der Waals surface area contributed by atoms with Gasteiger partial charge < -0.3 is 67.8 Å². The SMILES string of the molecule is CN=C(NC)c1ccc(-c2[nH]c3cc(C(=NC)NC)ccc3c2C)cc1.CN=C(NC)c1ccc(-c2[nH]c3ccc(C(NC)NC)cc3c2C)cc1.CN=C(NC)c1ccc(-c2nc3ccc(C(=NC)NC)cc3[nH]2)cc1.CN=C(NC)c1ccc(-c2nc3ccc(C(=NC)NC)cc3[nH]2)cc1. The van der Waals surface area contributed by atoms with E-state index in [1.54, 1.807) is 49.3 Å². The number of hydrogen-bond acceptors (Lipinski definition) is 11. The second-order valence-electron chi connectivity index (χ2n) is 23.5. The maximum atomic E-state index is 4.69. The van der Waals surface area contributed by atoms with Gasteiger partial charge in [-0.25, -0.2) is 9.97 Å². The average Bonchev–Trinajstić information content (AvgIpc) is 1.65. The molecule has 12 aromatic rings. The van der Waals surface area contributed by atoms with Crippen LogP contribution in [0.15, 0.2) is 205 Å². The molecule has 0 amide bonds. The number of nitrogens with one attached hydrogen (secondary N) is 13. The van der Waals surface area contributed by atoms with Gasteiger partial charge in [0.1, 0.15) is 52.5 Å². The van der Waals surface area contributed by atoms with Gasteiger partial charge in [0.2, 0.25) is 0 Å². The molecule has 0 saturated carbocycles. The van der Waals surface area contributed by atoms with Crippen molar-refractivity contribution in [3.8, 4) is 45.3 Å². The first-order valence-electron chi connectivity index (χ1n) is 33.7. The molecule has 102 heavy (non-hydrogen) atoms. The highest BCUT2D eigenvalue weighted by Crippen LogP contribution is 2.33. The molecular formula is C80H96N22. The Kier molecular flexibility index (Phi) is 25.6. The number of H-pyrrole nitrogens is 4. The van der Waals surface area contributed by atoms with E-state index in [1.807, 2.05) is 136 Å². The van der Waals surface area contributed by atoms with Crippen LogP contribution < -0.4 is 47.9 Å². The summed E-state index contributed by atoms with van der Waals surface area (Å²) in [7, 11) is 29.5. The van der Waals surface area contributed by atoms with Crippen LogP contribution in [0.5, 0.6) is 0 Å². The Hall–Kier alpha value is -12.0. The van der Waals surface area contributed by atoms with Gasteiger partial charge in [-0.2, -0.15) is 0 Å². The van der Waals surface area contributed by atoms with E-state index in [4.69, 9.17) is 0 Å². The molecule has 0 fully saturated rings. The summed E-state index contributed by atoms with van der Waals surface area (Å²) in [6, 6.07) is 58.4. The Balaban J connectivity index is 0.000000158. The standard InChI is InChI=1S/C21H27N5.C21H25N5.2C19H22N6/c1-13-17-12-16(21(24-4)25-5)10-11-18(17)26-19(13)14-6-8-15(9-7-14)20(22-2)23-3;1-13-17-11-10-16(21(24-4)25-5)12-18(17)26-19(13)14-6-8-15(9-7-14)20(22-2)23-3;2*1-20-17(21-2)12-5-7-13(8-6-12)19-24-15-10-9-14(11-16(15)25-19)18(22-3)23-4/h6-12,21,24-26H,1-5H3,(H,22,23);6-12,26H,1-5H3,(H,22,23)(H,24,25);2*5-11H,1-4H3,(H,20,21)(H,22,23)(H,24,25). The molecule has 12 rings (SSSR count). The fourth-order valence-electron chi connectivity index (χ4n) is 12.5. The molecule has 0 aliphatic carbocycles. The van der Waals surface area contributed by atoms with E-state index in [1.165, 1.54) is 33.0 Å². The Morgan fingerprint density at radius 3 is 0.922 bits per heavy atom. The highest BCUT2D eigenvalue weighted by Gasteiger charge is 2.17. The number of aromatic amines is 4. The van der Waals surface area contributed by atoms with E-state index in [9.17, 15) is 0 Å². The summed E-state index contributed by atoms with van der Waals surface area (Å²) in [5.41, 5.74) is 23.9. The van der Waals surface area contributed by atoms with Crippen molar-refractivity contribution in [2.75, 3.05) is 113 Å². The largest absolute Gasteiger partial charge is 0.373 e. The summed E-state index contributed by atoms with van der Waals surface area (Å²) in [5.74, 6) is 7.76. The average molecular weight is 1370 g/mol. The third-order valence-electron chi connectivity index (χ3n) is 17.8. The van der Waals surface area contributed by atoms with Crippen molar-refractivity contribution in [2.45, 2.75) is 20.0 Å². The lowest BCUT2D eigenvalue weighted by atomic mass is 10.0. The Labute approximate surface area is 598 Å². The van der Waals surface area contributed by atoms with Crippen molar-refractivity contribution in [3.63, 3.8) is 0 Å². The number of benzene rings is 8. The third-order valence-corrected chi connectivity index (χ3v) is 17.8. The van der Waals surface area contributed by atoms with Gasteiger partial charge >= 0.3 is 0 Å². The summed E-state index contributed by atoms with van der Waals surface area (Å²) < 4.78 is 0. The van der Waals surface area contributed by atoms with Crippen molar-refractivity contribution in [1.29, 1.82) is 0 Å². The number of nitrogens with zero attached hydrogens (tertiary/aromatic N) is 9. The van der Waals surface area contributed by atoms with Gasteiger partial charge in [0.25, 0.3) is 0 Å². The molecule has 0 aliphatic rings. The first-order chi connectivity index (χ1) is 49.6. The van der Waals surface area contributed by atoms with Crippen LogP contribution in [0, 0.1) is 13.8 Å². The van der Waals surface area contributed by atoms with Gasteiger partial charge in [0, 0.05) is 182 Å². The zero-order chi connectivity index (χ0) is 73.0. The monoisotopic (exact) mass is 1360 g/mol. The molecule has 0 saturated heterocycles. The number of rotatable bonds is 14. The van der Waals surface area contributed by atoms with Gasteiger partial charge in [-0.3, -0.25) is 34.9 Å². The highest BCUT2D eigenvalue weighted by molar-refractivity contribution is 6.05. The number of hydrogen-bond donors (Lipinski definition) is 13. The van der Waals surface area contributed by atoms with Gasteiger partial charge in [-0.05, 0) is 110 Å². The number of imidazole rings is 2. The molecular weight excluding hydrogens is 1270 g/mol. The molecule has 0 unspecified atom stereocenters. The predicted molar refractivity (Wildman–Crippen MR) is 432 cm³/mol. The van der Waals surface area contributed by atoms with Crippen LogP contribution in [0.4, 0.5) is 0 Å². The van der Waals surface area contributed by atoms with Crippen molar-refractivity contribution < 1.29 is 0 Å². The van der Waals surface area contributed by atoms with Gasteiger partial charge in [0.05, 0.1) is 28.2 Å². The minimum atomic E-state index is 0.143. The fourth-order valence-corrected chi connectivity index (χ4v) is 12.5. The molecule has 0 atom stereocenters. The van der Waals surface area contributed by atoms with E-state index in [0.717, 1.165) is 153 Å². The molecule has 22 heteroatoms. The van der Waals surface area contributed by atoms with Crippen LogP contribution in [0.2, 0.25) is 0 Å². The lowest BCUT2D eigenvalue weighted by Gasteiger charge is -2.15. The van der Waals surface area contributed by atoms with Crippen molar-refractivity contribution in [2.24, 2.45) is 34.9 Å². The van der Waals surface area contributed by atoms with Crippen LogP contribution in [0.3, 0.4) is 0 Å². The molecule has 13 N–H and O–H groups in total. The number of fused-ring (bicyclic) bond motifs is 4. The number of aryl methyl sites for hydroxylation is 2. The Morgan fingerprint density at radius 2 is 0.588 bits per heavy atom. The predicted octanol–water partition coefficient (Wildman–Crippen LogP) is 11.4. The third kappa shape index (κ3) is 16.6. The van der Waals surface area contributed by atoms with Crippen LogP contribution in [-0.2, 0) is 0 Å². The van der Waals surface area contributed by atoms with Gasteiger partial charge in [-0.1, -0.05) is 115 Å². The lowest BCUT2D eigenvalue weighted by Crippen LogP contribution is -2.28. The van der Waals surface area contributed by atoms with Crippen LogP contribution in [-0.4, -0.2) is 184 Å². The van der Waals surface area contributed by atoms with E-state index >= 15 is 0 Å². The topological polar surface area (TPSA) is 284 Å². The van der Waals surface area contributed by atoms with Gasteiger partial charge in [-0.15, -0.1) is 0 Å². The molecule has 0 radical (unpaired) electrons. The van der Waals surface area contributed by atoms with Crippen LogP contribution in [0.1, 0.15) is 61.8 Å². The number of aliphatic imine (C=N–C) groups is 7. The maximum absolute atomic E-state index is 4.69. The second-order valence-corrected chi connectivity index (χ2v) is 23.5. The molecule has 0 spiro atoms. The lowest BCUT2D eigenvalue weighted by molar-refractivity contribution is 0.520. The van der Waals surface area contributed by atoms with E-state index in [0.29, 0.717) is 0 Å². The van der Waals surface area contributed by atoms with Crippen LogP contribution >= 0.6 is 0 Å². The quantitative estimate of drug-likeness (QED) is 0.0276. The van der Waals surface area contributed by atoms with Crippen LogP contribution in [0.25, 0.3) is 89.2 Å². The number of amidine groups is 7. The van der Waals surface area contributed by atoms with E-state index < -0.39 is 0 Å². The zero-order valence-electron chi connectivity index (χ0n) is 61.8. The van der Waals surface area contributed by atoms with Crippen molar-refractivity contribution in [3.05, 3.63) is 225 Å². The van der Waals surface area contributed by atoms with E-state index in [-0.39, 0.29) is 6.17 Å². The highest BCUT2D eigenvalue weighted by atomic mass is 15.1. The zero-order valence-corrected chi connectivity index (χ0v) is 61.8. The first-order valence-corrected chi connectivity index (χ1v) is 33.7. The smallest absolute Gasteiger partial charge is 0.138 e. The summed E-state index contributed by atoms with van der Waals surface area (Å²) >= 11 is 0. The molecule has 22 nitrogen and oxygen atoms in total. The number of aromatic nitrogens is 6. The summed E-state index contributed by atoms with van der Waals surface area (Å²) in [5, 5.41) is 30.8. The van der Waals surface area contributed by atoms with E-state index in [2.05, 4.69) is 224 Å². The van der Waals surface area contributed by atoms with Gasteiger partial charge in [0.15, 0.2) is 0 Å². The molecule has 4 aromatic heterocycles. The second kappa shape index (κ2) is 35.2. The Morgan fingerprint density at radius 1 is 0.294 bits per heavy atom. The normalized spacial score (nSPS) is 12.4. The Bertz CT molecular complexity index is 4870. The van der Waals surface area contributed by atoms with Crippen molar-refractivity contribution >= 4 is 84.7 Å². The minimum Gasteiger partial charge on any atom is -0.373 e. The minimum absolute atomic E-state index is 0.143. The summed E-state index contributed by atoms with van der Waals surface area (Å²) in [6.07, 6.45) is 0.143. The molecule has 526 valence electrons. The summed E-state index contributed by atoms with van der Waals surface area (Å²) in [6.45, 7) is 4.33. The summed E-state index contributed by atoms with van der Waals surface area (Å²) in [4.78, 5) is 53.0. The fraction of sp³-hybridized carbons (Fsp3) is 0.237. The molecule has 0 aliphatic heterocycles. The molecule has 8 aromatic carbocycles.